The second-order valence-electron chi connectivity index (χ2n) is 10.6. The lowest BCUT2D eigenvalue weighted by Gasteiger charge is -2.49. The highest BCUT2D eigenvalue weighted by molar-refractivity contribution is 8.00. The van der Waals surface area contributed by atoms with E-state index in [2.05, 4.69) is 25.1 Å². The number of nitrogens with zero attached hydrogens (tertiary/aromatic N) is 6. The van der Waals surface area contributed by atoms with Crippen LogP contribution in [0.4, 0.5) is 21.4 Å². The van der Waals surface area contributed by atoms with Crippen LogP contribution in [0.15, 0.2) is 22.6 Å². The minimum atomic E-state index is -1.79. The van der Waals surface area contributed by atoms with Crippen LogP contribution in [0.2, 0.25) is 0 Å². The average molecular weight is 701 g/mol. The second-order valence-corrected chi connectivity index (χ2v) is 12.5. The largest absolute Gasteiger partial charge is 1.00 e. The molecule has 2 atom stereocenters. The van der Waals surface area contributed by atoms with Gasteiger partial charge in [-0.25, -0.2) is 14.4 Å². The first-order valence-corrected chi connectivity index (χ1v) is 15.4. The molecule has 46 heavy (non-hydrogen) atoms. The van der Waals surface area contributed by atoms with Crippen LogP contribution >= 0.6 is 23.3 Å². The molecule has 18 nitrogen and oxygen atoms in total. The number of nitrogen functional groups attached to an aromatic ring is 2. The van der Waals surface area contributed by atoms with Crippen LogP contribution in [0.1, 0.15) is 39.4 Å². The summed E-state index contributed by atoms with van der Waals surface area (Å²) in [6.45, 7) is 4.91. The van der Waals surface area contributed by atoms with Gasteiger partial charge >= 0.3 is 18.0 Å². The van der Waals surface area contributed by atoms with Gasteiger partial charge in [0.25, 0.3) is 0 Å². The molecule has 2 aromatic rings. The monoisotopic (exact) mass is 700 g/mol. The van der Waals surface area contributed by atoms with Crippen molar-refractivity contribution >= 4 is 75.3 Å². The number of nitrogens with two attached hydrogens (primary N) is 2. The van der Waals surface area contributed by atoms with Gasteiger partial charge < -0.3 is 44.2 Å². The van der Waals surface area contributed by atoms with E-state index in [0.717, 1.165) is 22.9 Å². The number of oxime groups is 1. The summed E-state index contributed by atoms with van der Waals surface area (Å²) in [6, 6.07) is -0.436. The van der Waals surface area contributed by atoms with Crippen LogP contribution < -0.4 is 39.2 Å². The van der Waals surface area contributed by atoms with E-state index in [1.54, 1.807) is 22.6 Å². The molecule has 2 aromatic heterocycles. The van der Waals surface area contributed by atoms with Gasteiger partial charge in [-0.05, 0) is 20.3 Å². The average Bonchev–Trinajstić information content (AvgIpc) is 3.52. The molecule has 0 spiro atoms. The van der Waals surface area contributed by atoms with Gasteiger partial charge in [0.05, 0.1) is 18.3 Å². The number of fused-ring (bicyclic) bond motifs is 1. The summed E-state index contributed by atoms with van der Waals surface area (Å²) in [6.07, 6.45) is 1.93. The maximum atomic E-state index is 13.4. The third kappa shape index (κ3) is 7.34. The van der Waals surface area contributed by atoms with Gasteiger partial charge in [0.15, 0.2) is 34.7 Å². The number of aliphatic carboxylic acids is 2. The molecule has 8 N–H and O–H groups in total. The smallest absolute Gasteiger partial charge is 0.352 e. The van der Waals surface area contributed by atoms with Crippen LogP contribution in [0.5, 0.6) is 0 Å². The number of β-lactam (4-membered cyclic amide) rings is 1. The summed E-state index contributed by atoms with van der Waals surface area (Å²) in [5.74, 6) is -4.58. The number of carbonyl (C=O) groups excluding carboxylic acids is 3. The first-order valence-electron chi connectivity index (χ1n) is 13.6. The normalized spacial score (nSPS) is 17.9. The number of thioether (sulfide) groups is 1. The van der Waals surface area contributed by atoms with Crippen molar-refractivity contribution < 1.29 is 56.1 Å². The molecule has 1 saturated heterocycles. The fraction of sp³-hybridized carbons (Fsp3) is 0.480. The molecular formula is C25H33ClN10O8S2. The molecule has 0 bridgehead atoms. The Morgan fingerprint density at radius 2 is 1.96 bits per heavy atom. The zero-order valence-corrected chi connectivity index (χ0v) is 27.5. The number of carboxylic acid groups (broad SMARTS) is 2. The minimum Gasteiger partial charge on any atom is -1.00 e. The molecular weight excluding hydrogens is 668 g/mol. The van der Waals surface area contributed by atoms with Gasteiger partial charge in [0.2, 0.25) is 23.5 Å². The van der Waals surface area contributed by atoms with Crippen molar-refractivity contribution in [3.05, 3.63) is 23.3 Å². The van der Waals surface area contributed by atoms with Gasteiger partial charge in [-0.3, -0.25) is 19.8 Å². The summed E-state index contributed by atoms with van der Waals surface area (Å²) < 4.78 is 7.13. The predicted octanol–water partition coefficient (Wildman–Crippen LogP) is -3.02. The Labute approximate surface area is 276 Å². The number of hydrogen-bond donors (Lipinski definition) is 6. The Balaban J connectivity index is 0.00000576. The van der Waals surface area contributed by atoms with Crippen LogP contribution in [0.25, 0.3) is 0 Å². The number of ketones is 1. The van der Waals surface area contributed by atoms with Crippen LogP contribution in [-0.2, 0) is 37.6 Å². The number of aromatic nitrogens is 4. The highest BCUT2D eigenvalue weighted by Crippen LogP contribution is 2.45. The number of carboxylic acids is 2. The SMILES string of the molecule is CCCNC(=O)Nc1c[n+](CC2=C(C(=O)O)N3C(=O)[C@@H](CC(=O)/C(=N\OC(C)(C)C(=O)O)c4nsc(N)n4)[C@H]3SC2)n(C)c1N.[Cl-]. The molecule has 0 saturated carbocycles. The standard InChI is InChI=1S/C25H32N10O8S2.ClH/c1-5-6-28-24(42)29-13-9-34(33(4)17(13)26)8-11-10-44-20-12(19(37)35(20)16(11)21(38)39)7-14(36)15(18-30-23(27)45-32-18)31-43-25(2,3)22(40)41;/h9,12,20,26H,5-8,10H2,1-4H3,(H6,27,28,29,30,32,38,39,40,41,42);1H/b31-15+;/t12-,20-;/m1./s1. The zero-order chi connectivity index (χ0) is 33.2. The Morgan fingerprint density at radius 3 is 2.54 bits per heavy atom. The van der Waals surface area contributed by atoms with Crippen molar-refractivity contribution in [3.63, 3.8) is 0 Å². The third-order valence-electron chi connectivity index (χ3n) is 6.99. The fourth-order valence-corrected chi connectivity index (χ4v) is 6.28. The quantitative estimate of drug-likeness (QED) is 0.0527. The number of Topliss-reactive ketones (excluding diaryl/α,β-unsaturated/α-hetero) is 1. The molecule has 21 heteroatoms. The van der Waals surface area contributed by atoms with Gasteiger partial charge in [-0.2, -0.15) is 9.36 Å². The van der Waals surface area contributed by atoms with Gasteiger partial charge in [0.1, 0.15) is 5.70 Å². The van der Waals surface area contributed by atoms with Crippen molar-refractivity contribution in [1.29, 1.82) is 0 Å². The molecule has 2 aliphatic rings. The van der Waals surface area contributed by atoms with E-state index >= 15 is 0 Å². The highest BCUT2D eigenvalue weighted by atomic mass is 35.5. The lowest BCUT2D eigenvalue weighted by atomic mass is 9.89. The molecule has 4 heterocycles. The summed E-state index contributed by atoms with van der Waals surface area (Å²) in [4.78, 5) is 72.9. The van der Waals surface area contributed by atoms with E-state index in [1.807, 2.05) is 6.92 Å². The molecule has 2 aliphatic heterocycles. The van der Waals surface area contributed by atoms with Crippen molar-refractivity contribution in [2.45, 2.75) is 51.1 Å². The Bertz CT molecular complexity index is 1620. The van der Waals surface area contributed by atoms with Crippen LogP contribution in [0.3, 0.4) is 0 Å². The minimum absolute atomic E-state index is 0. The Hall–Kier alpha value is -4.43. The number of urea groups is 1. The number of halogens is 1. The van der Waals surface area contributed by atoms with Crippen LogP contribution in [-0.4, -0.2) is 87.8 Å². The zero-order valence-electron chi connectivity index (χ0n) is 25.1. The number of anilines is 3. The number of amides is 3. The van der Waals surface area contributed by atoms with Crippen molar-refractivity contribution in [1.82, 2.24) is 24.3 Å². The number of nitrogens with one attached hydrogen (secondary N) is 2. The molecule has 4 rings (SSSR count). The summed E-state index contributed by atoms with van der Waals surface area (Å²) in [7, 11) is 1.64. The number of rotatable bonds is 13. The van der Waals surface area contributed by atoms with E-state index in [-0.39, 0.29) is 53.6 Å². The van der Waals surface area contributed by atoms with Gasteiger partial charge in [0, 0.05) is 35.8 Å². The second kappa shape index (κ2) is 14.3. The maximum absolute atomic E-state index is 13.4. The van der Waals surface area contributed by atoms with E-state index in [1.165, 1.54) is 25.6 Å². The van der Waals surface area contributed by atoms with Crippen molar-refractivity contribution in [2.75, 3.05) is 29.1 Å². The highest BCUT2D eigenvalue weighted by Gasteiger charge is 2.54. The first-order chi connectivity index (χ1) is 21.2. The molecule has 0 unspecified atom stereocenters. The summed E-state index contributed by atoms with van der Waals surface area (Å²) >= 11 is 2.07. The molecule has 250 valence electrons. The van der Waals surface area contributed by atoms with Crippen molar-refractivity contribution in [2.24, 2.45) is 18.1 Å². The predicted molar refractivity (Wildman–Crippen MR) is 162 cm³/mol. The summed E-state index contributed by atoms with van der Waals surface area (Å²) in [5, 5.41) is 27.9. The lowest BCUT2D eigenvalue weighted by molar-refractivity contribution is -0.765. The van der Waals surface area contributed by atoms with Crippen LogP contribution in [0, 0.1) is 5.92 Å². The third-order valence-corrected chi connectivity index (χ3v) is 8.93. The van der Waals surface area contributed by atoms with E-state index in [9.17, 15) is 34.2 Å². The van der Waals surface area contributed by atoms with Crippen molar-refractivity contribution in [3.8, 4) is 0 Å². The van der Waals surface area contributed by atoms with Gasteiger partial charge in [-0.1, -0.05) is 12.1 Å². The summed E-state index contributed by atoms with van der Waals surface area (Å²) in [5.41, 5.74) is 10.2. The molecule has 1 fully saturated rings. The molecule has 0 radical (unpaired) electrons. The Morgan fingerprint density at radius 1 is 1.26 bits per heavy atom. The van der Waals surface area contributed by atoms with Gasteiger partial charge in [-0.15, -0.1) is 21.1 Å². The number of carbonyl (C=O) groups is 5. The molecule has 3 amide bonds. The molecule has 0 aromatic carbocycles. The fourth-order valence-electron chi connectivity index (χ4n) is 4.45. The lowest BCUT2D eigenvalue weighted by Crippen LogP contribution is -3.00. The first kappa shape index (κ1) is 36.0. The Kier molecular flexibility index (Phi) is 11.2. The topological polar surface area (TPSA) is 261 Å². The van der Waals surface area contributed by atoms with E-state index < -0.39 is 52.3 Å². The maximum Gasteiger partial charge on any atom is 0.352 e. The number of hydrogen-bond acceptors (Lipinski definition) is 13. The van der Waals surface area contributed by atoms with E-state index in [0.29, 0.717) is 17.8 Å². The molecule has 0 aliphatic carbocycles. The van der Waals surface area contributed by atoms with E-state index in [4.69, 9.17) is 16.3 Å².